The summed E-state index contributed by atoms with van der Waals surface area (Å²) in [6.45, 7) is 2.49. The fraction of sp³-hybridized carbons (Fsp3) is 0.143. The molecule has 0 spiro atoms. The maximum Gasteiger partial charge on any atom is 0.254 e. The number of nitrogens with zero attached hydrogens (tertiary/aromatic N) is 2. The van der Waals surface area contributed by atoms with E-state index in [-0.39, 0.29) is 5.91 Å². The molecular weight excluding hydrogens is 346 g/mol. The lowest BCUT2D eigenvalue weighted by atomic mass is 10.1. The Morgan fingerprint density at radius 1 is 1.12 bits per heavy atom. The number of pyridine rings is 1. The third kappa shape index (κ3) is 4.21. The van der Waals surface area contributed by atoms with Crippen LogP contribution in [0.3, 0.4) is 0 Å². The predicted octanol–water partition coefficient (Wildman–Crippen LogP) is 5.06. The topological polar surface area (TPSA) is 45.2 Å². The molecule has 0 fully saturated rings. The molecule has 0 saturated carbocycles. The van der Waals surface area contributed by atoms with Crippen LogP contribution in [0.5, 0.6) is 0 Å². The second-order valence-corrected chi connectivity index (χ2v) is 6.52. The summed E-state index contributed by atoms with van der Waals surface area (Å²) < 4.78 is 0. The normalized spacial score (nSPS) is 10.4. The number of aromatic nitrogens is 1. The van der Waals surface area contributed by atoms with E-state index in [1.807, 2.05) is 55.5 Å². The van der Waals surface area contributed by atoms with Gasteiger partial charge in [-0.05, 0) is 42.3 Å². The molecule has 0 aliphatic rings. The number of amides is 1. The van der Waals surface area contributed by atoms with Crippen molar-refractivity contribution in [1.82, 2.24) is 9.88 Å². The van der Waals surface area contributed by atoms with E-state index >= 15 is 0 Å². The maximum absolute atomic E-state index is 12.7. The molecule has 0 unspecified atom stereocenters. The van der Waals surface area contributed by atoms with E-state index in [4.69, 9.17) is 11.6 Å². The standard InChI is InChI=1S/C21H20ClN3O/c1-15-18(22)9-6-10-19(15)24-20-13-17(11-12-23-20)21(26)25(2)14-16-7-4-3-5-8-16/h3-13H,14H2,1-2H3,(H,23,24). The van der Waals surface area contributed by atoms with E-state index in [1.54, 1.807) is 30.3 Å². The Hall–Kier alpha value is -2.85. The molecular formula is C21H20ClN3O. The molecule has 0 aliphatic carbocycles. The minimum absolute atomic E-state index is 0.0536. The predicted molar refractivity (Wildman–Crippen MR) is 106 cm³/mol. The molecule has 1 amide bonds. The van der Waals surface area contributed by atoms with Crippen molar-refractivity contribution in [3.8, 4) is 0 Å². The summed E-state index contributed by atoms with van der Waals surface area (Å²) in [4.78, 5) is 18.7. The van der Waals surface area contributed by atoms with Crippen molar-refractivity contribution in [2.45, 2.75) is 13.5 Å². The van der Waals surface area contributed by atoms with Crippen LogP contribution in [0.15, 0.2) is 66.9 Å². The molecule has 1 aromatic heterocycles. The molecule has 26 heavy (non-hydrogen) atoms. The number of hydrogen-bond acceptors (Lipinski definition) is 3. The third-order valence-corrected chi connectivity index (χ3v) is 4.56. The summed E-state index contributed by atoms with van der Waals surface area (Å²) in [5.41, 5.74) is 3.48. The number of hydrogen-bond donors (Lipinski definition) is 1. The first-order valence-corrected chi connectivity index (χ1v) is 8.70. The Labute approximate surface area is 158 Å². The third-order valence-electron chi connectivity index (χ3n) is 4.15. The number of anilines is 2. The summed E-state index contributed by atoms with van der Waals surface area (Å²) in [6.07, 6.45) is 1.63. The van der Waals surface area contributed by atoms with Crippen molar-refractivity contribution in [2.75, 3.05) is 12.4 Å². The molecule has 5 heteroatoms. The summed E-state index contributed by atoms with van der Waals surface area (Å²) in [6, 6.07) is 19.0. The van der Waals surface area contributed by atoms with Crippen molar-refractivity contribution >= 4 is 29.0 Å². The summed E-state index contributed by atoms with van der Waals surface area (Å²) in [7, 11) is 1.80. The SMILES string of the molecule is Cc1c(Cl)cccc1Nc1cc(C(=O)N(C)Cc2ccccc2)ccn1. The molecule has 3 aromatic rings. The second-order valence-electron chi connectivity index (χ2n) is 6.11. The lowest BCUT2D eigenvalue weighted by Gasteiger charge is -2.18. The fourth-order valence-electron chi connectivity index (χ4n) is 2.66. The van der Waals surface area contributed by atoms with E-state index in [0.29, 0.717) is 22.9 Å². The first kappa shape index (κ1) is 18.0. The molecule has 1 heterocycles. The van der Waals surface area contributed by atoms with Gasteiger partial charge in [0.15, 0.2) is 0 Å². The van der Waals surface area contributed by atoms with Crippen molar-refractivity contribution in [3.05, 3.63) is 88.6 Å². The molecule has 1 N–H and O–H groups in total. The zero-order chi connectivity index (χ0) is 18.5. The molecule has 0 radical (unpaired) electrons. The Kier molecular flexibility index (Phi) is 5.54. The van der Waals surface area contributed by atoms with E-state index in [0.717, 1.165) is 16.8 Å². The van der Waals surface area contributed by atoms with Gasteiger partial charge < -0.3 is 10.2 Å². The van der Waals surface area contributed by atoms with Gasteiger partial charge in [0.05, 0.1) is 0 Å². The highest BCUT2D eigenvalue weighted by Gasteiger charge is 2.13. The van der Waals surface area contributed by atoms with Gasteiger partial charge in [-0.15, -0.1) is 0 Å². The number of carbonyl (C=O) groups excluding carboxylic acids is 1. The van der Waals surface area contributed by atoms with Crippen LogP contribution in [0.4, 0.5) is 11.5 Å². The lowest BCUT2D eigenvalue weighted by molar-refractivity contribution is 0.0785. The Balaban J connectivity index is 1.76. The number of halogens is 1. The van der Waals surface area contributed by atoms with Crippen LogP contribution in [-0.4, -0.2) is 22.8 Å². The average Bonchev–Trinajstić information content (AvgIpc) is 2.66. The van der Waals surface area contributed by atoms with Crippen molar-refractivity contribution in [2.24, 2.45) is 0 Å². The Bertz CT molecular complexity index is 912. The smallest absolute Gasteiger partial charge is 0.254 e. The summed E-state index contributed by atoms with van der Waals surface area (Å²) in [5.74, 6) is 0.552. The molecule has 0 saturated heterocycles. The van der Waals surface area contributed by atoms with Crippen molar-refractivity contribution in [1.29, 1.82) is 0 Å². The fourth-order valence-corrected chi connectivity index (χ4v) is 2.84. The van der Waals surface area contributed by atoms with E-state index < -0.39 is 0 Å². The first-order valence-electron chi connectivity index (χ1n) is 8.32. The van der Waals surface area contributed by atoms with Crippen LogP contribution in [0.2, 0.25) is 5.02 Å². The molecule has 0 aliphatic heterocycles. The van der Waals surface area contributed by atoms with Crippen molar-refractivity contribution < 1.29 is 4.79 Å². The van der Waals surface area contributed by atoms with Gasteiger partial charge in [0.1, 0.15) is 5.82 Å². The van der Waals surface area contributed by atoms with Crippen LogP contribution in [-0.2, 0) is 6.54 Å². The van der Waals surface area contributed by atoms with Gasteiger partial charge in [-0.25, -0.2) is 4.98 Å². The molecule has 3 rings (SSSR count). The van der Waals surface area contributed by atoms with Crippen LogP contribution >= 0.6 is 11.6 Å². The summed E-state index contributed by atoms with van der Waals surface area (Å²) >= 11 is 6.16. The number of carbonyl (C=O) groups is 1. The van der Waals surface area contributed by atoms with Gasteiger partial charge in [-0.1, -0.05) is 48.0 Å². The minimum Gasteiger partial charge on any atom is -0.340 e. The second kappa shape index (κ2) is 8.02. The largest absolute Gasteiger partial charge is 0.340 e. The van der Waals surface area contributed by atoms with Crippen LogP contribution in [0, 0.1) is 6.92 Å². The first-order chi connectivity index (χ1) is 12.5. The Morgan fingerprint density at radius 2 is 1.88 bits per heavy atom. The van der Waals surface area contributed by atoms with Crippen LogP contribution in [0.25, 0.3) is 0 Å². The highest BCUT2D eigenvalue weighted by atomic mass is 35.5. The van der Waals surface area contributed by atoms with E-state index in [1.165, 1.54) is 0 Å². The number of rotatable bonds is 5. The van der Waals surface area contributed by atoms with Gasteiger partial charge in [0, 0.05) is 36.1 Å². The number of benzene rings is 2. The molecule has 0 atom stereocenters. The van der Waals surface area contributed by atoms with Gasteiger partial charge >= 0.3 is 0 Å². The summed E-state index contributed by atoms with van der Waals surface area (Å²) in [5, 5.41) is 3.92. The Morgan fingerprint density at radius 3 is 2.65 bits per heavy atom. The average molecular weight is 366 g/mol. The highest BCUT2D eigenvalue weighted by molar-refractivity contribution is 6.31. The van der Waals surface area contributed by atoms with Crippen LogP contribution in [0.1, 0.15) is 21.5 Å². The highest BCUT2D eigenvalue weighted by Crippen LogP contribution is 2.25. The quantitative estimate of drug-likeness (QED) is 0.687. The van der Waals surface area contributed by atoms with Crippen LogP contribution < -0.4 is 5.32 Å². The molecule has 132 valence electrons. The van der Waals surface area contributed by atoms with Gasteiger partial charge in [0.2, 0.25) is 0 Å². The maximum atomic E-state index is 12.7. The van der Waals surface area contributed by atoms with E-state index in [9.17, 15) is 4.79 Å². The molecule has 2 aromatic carbocycles. The zero-order valence-corrected chi connectivity index (χ0v) is 15.5. The zero-order valence-electron chi connectivity index (χ0n) is 14.7. The number of nitrogens with one attached hydrogen (secondary N) is 1. The monoisotopic (exact) mass is 365 g/mol. The molecule has 4 nitrogen and oxygen atoms in total. The van der Waals surface area contributed by atoms with E-state index in [2.05, 4.69) is 10.3 Å². The van der Waals surface area contributed by atoms with Gasteiger partial charge in [-0.3, -0.25) is 4.79 Å². The molecule has 0 bridgehead atoms. The van der Waals surface area contributed by atoms with Gasteiger partial charge in [0.25, 0.3) is 5.91 Å². The van der Waals surface area contributed by atoms with Gasteiger partial charge in [-0.2, -0.15) is 0 Å². The lowest BCUT2D eigenvalue weighted by Crippen LogP contribution is -2.26. The minimum atomic E-state index is -0.0536. The van der Waals surface area contributed by atoms with Crippen molar-refractivity contribution in [3.63, 3.8) is 0 Å².